The highest BCUT2D eigenvalue weighted by atomic mass is 32.1. The van der Waals surface area contributed by atoms with E-state index in [2.05, 4.69) is 31.0 Å². The molecule has 102 valence electrons. The van der Waals surface area contributed by atoms with Gasteiger partial charge in [-0.15, -0.1) is 11.3 Å². The van der Waals surface area contributed by atoms with Gasteiger partial charge in [0.25, 0.3) is 0 Å². The van der Waals surface area contributed by atoms with Crippen molar-refractivity contribution in [1.29, 1.82) is 0 Å². The van der Waals surface area contributed by atoms with Crippen molar-refractivity contribution in [2.75, 3.05) is 33.3 Å². The molecule has 0 aliphatic carbocycles. The van der Waals surface area contributed by atoms with E-state index in [1.54, 1.807) is 11.3 Å². The van der Waals surface area contributed by atoms with Gasteiger partial charge in [-0.1, -0.05) is 6.92 Å². The van der Waals surface area contributed by atoms with Crippen LogP contribution in [0.15, 0.2) is 0 Å². The van der Waals surface area contributed by atoms with Gasteiger partial charge in [0.05, 0.1) is 12.3 Å². The lowest BCUT2D eigenvalue weighted by atomic mass is 10.2. The Bertz CT molecular complexity index is 394. The number of aromatic nitrogens is 1. The van der Waals surface area contributed by atoms with Gasteiger partial charge in [0.15, 0.2) is 0 Å². The maximum atomic E-state index is 5.86. The number of thiazole rings is 1. The van der Waals surface area contributed by atoms with Crippen LogP contribution in [-0.2, 0) is 4.74 Å². The molecule has 0 spiro atoms. The first kappa shape index (κ1) is 13.9. The molecule has 2 unspecified atom stereocenters. The van der Waals surface area contributed by atoms with Crippen LogP contribution >= 0.6 is 11.3 Å². The second-order valence-corrected chi connectivity index (χ2v) is 5.83. The number of aryl methyl sites for hydroxylation is 1. The Kier molecular flexibility index (Phi) is 4.72. The van der Waals surface area contributed by atoms with Crippen LogP contribution in [0.4, 0.5) is 0 Å². The predicted molar refractivity (Wildman–Crippen MR) is 75.1 cm³/mol. The van der Waals surface area contributed by atoms with Crippen LogP contribution in [0.2, 0.25) is 0 Å². The molecule has 0 radical (unpaired) electrons. The second kappa shape index (κ2) is 6.10. The fourth-order valence-corrected chi connectivity index (χ4v) is 3.41. The zero-order valence-electron chi connectivity index (χ0n) is 11.7. The number of rotatable bonds is 4. The summed E-state index contributed by atoms with van der Waals surface area (Å²) in [7, 11) is 1.99. The third kappa shape index (κ3) is 2.91. The molecule has 0 amide bonds. The number of ether oxygens (including phenoxy) is 1. The normalized spacial score (nSPS) is 23.2. The zero-order valence-corrected chi connectivity index (χ0v) is 12.5. The van der Waals surface area contributed by atoms with Crippen LogP contribution in [0.25, 0.3) is 0 Å². The number of hydrogen-bond donors (Lipinski definition) is 1. The van der Waals surface area contributed by atoms with E-state index >= 15 is 0 Å². The molecule has 2 rings (SSSR count). The average Bonchev–Trinajstić information content (AvgIpc) is 2.80. The zero-order chi connectivity index (χ0) is 13.1. The summed E-state index contributed by atoms with van der Waals surface area (Å²) in [5, 5.41) is 4.40. The van der Waals surface area contributed by atoms with Gasteiger partial charge < -0.3 is 10.1 Å². The molecule has 1 N–H and O–H groups in total. The summed E-state index contributed by atoms with van der Waals surface area (Å²) in [6, 6.07) is 0.363. The fourth-order valence-electron chi connectivity index (χ4n) is 2.24. The van der Waals surface area contributed by atoms with Crippen LogP contribution in [0.1, 0.15) is 41.6 Å². The summed E-state index contributed by atoms with van der Waals surface area (Å²) in [6.07, 6.45) is 0.153. The van der Waals surface area contributed by atoms with Gasteiger partial charge in [-0.2, -0.15) is 0 Å². The molecule has 2 heterocycles. The van der Waals surface area contributed by atoms with Gasteiger partial charge >= 0.3 is 0 Å². The van der Waals surface area contributed by atoms with Crippen LogP contribution in [0.3, 0.4) is 0 Å². The molecule has 1 fully saturated rings. The van der Waals surface area contributed by atoms with Crippen LogP contribution < -0.4 is 5.32 Å². The highest BCUT2D eigenvalue weighted by Gasteiger charge is 2.25. The Labute approximate surface area is 113 Å². The molecule has 0 saturated carbocycles. The number of nitrogens with zero attached hydrogens (tertiary/aromatic N) is 2. The van der Waals surface area contributed by atoms with Gasteiger partial charge in [0.1, 0.15) is 11.1 Å². The van der Waals surface area contributed by atoms with Crippen LogP contribution in [-0.4, -0.2) is 43.2 Å². The quantitative estimate of drug-likeness (QED) is 0.908. The third-order valence-electron chi connectivity index (χ3n) is 3.55. The Balaban J connectivity index is 2.13. The van der Waals surface area contributed by atoms with Gasteiger partial charge in [0.2, 0.25) is 0 Å². The minimum absolute atomic E-state index is 0.153. The molecule has 2 atom stereocenters. The minimum Gasteiger partial charge on any atom is -0.368 e. The number of likely N-dealkylation sites (N-methyl/N-ethyl adjacent to an activating group) is 1. The van der Waals surface area contributed by atoms with E-state index in [1.807, 2.05) is 7.05 Å². The molecule has 18 heavy (non-hydrogen) atoms. The van der Waals surface area contributed by atoms with Gasteiger partial charge in [-0.3, -0.25) is 4.90 Å². The fraction of sp³-hybridized carbons (Fsp3) is 0.769. The lowest BCUT2D eigenvalue weighted by Crippen LogP contribution is -2.38. The minimum atomic E-state index is 0.153. The predicted octanol–water partition coefficient (Wildman–Crippen LogP) is 2.13. The van der Waals surface area contributed by atoms with Crippen molar-refractivity contribution in [2.45, 2.75) is 32.9 Å². The SMILES string of the molecule is CCN1CCOC(c2nc(C)c(C(C)NC)s2)C1. The van der Waals surface area contributed by atoms with Gasteiger partial charge in [-0.25, -0.2) is 4.98 Å². The van der Waals surface area contributed by atoms with E-state index in [-0.39, 0.29) is 6.10 Å². The Morgan fingerprint density at radius 2 is 2.39 bits per heavy atom. The molecule has 1 aromatic rings. The van der Waals surface area contributed by atoms with Crippen molar-refractivity contribution in [3.63, 3.8) is 0 Å². The van der Waals surface area contributed by atoms with E-state index in [0.29, 0.717) is 6.04 Å². The average molecular weight is 269 g/mol. The van der Waals surface area contributed by atoms with E-state index in [9.17, 15) is 0 Å². The third-order valence-corrected chi connectivity index (χ3v) is 4.98. The van der Waals surface area contributed by atoms with Crippen molar-refractivity contribution >= 4 is 11.3 Å². The number of morpholine rings is 1. The van der Waals surface area contributed by atoms with E-state index in [0.717, 1.165) is 36.9 Å². The summed E-state index contributed by atoms with van der Waals surface area (Å²) >= 11 is 1.79. The van der Waals surface area contributed by atoms with Gasteiger partial charge in [0, 0.05) is 24.0 Å². The number of hydrogen-bond acceptors (Lipinski definition) is 5. The number of nitrogens with one attached hydrogen (secondary N) is 1. The van der Waals surface area contributed by atoms with Crippen LogP contribution in [0, 0.1) is 6.92 Å². The standard InChI is InChI=1S/C13H23N3OS/c1-5-16-6-7-17-11(8-16)13-15-10(3)12(18-13)9(2)14-4/h9,11,14H,5-8H2,1-4H3. The molecule has 1 aliphatic heterocycles. The molecule has 5 heteroatoms. The second-order valence-electron chi connectivity index (χ2n) is 4.76. The maximum absolute atomic E-state index is 5.86. The molecule has 4 nitrogen and oxygen atoms in total. The topological polar surface area (TPSA) is 37.4 Å². The monoisotopic (exact) mass is 269 g/mol. The first-order valence-electron chi connectivity index (χ1n) is 6.64. The Morgan fingerprint density at radius 1 is 1.61 bits per heavy atom. The lowest BCUT2D eigenvalue weighted by molar-refractivity contribution is -0.0282. The van der Waals surface area contributed by atoms with E-state index in [4.69, 9.17) is 9.72 Å². The molecule has 1 aliphatic rings. The largest absolute Gasteiger partial charge is 0.368 e. The van der Waals surface area contributed by atoms with Crippen molar-refractivity contribution in [3.8, 4) is 0 Å². The highest BCUT2D eigenvalue weighted by molar-refractivity contribution is 7.11. The molecular weight excluding hydrogens is 246 g/mol. The Hall–Kier alpha value is -0.490. The van der Waals surface area contributed by atoms with Crippen molar-refractivity contribution in [1.82, 2.24) is 15.2 Å². The van der Waals surface area contributed by atoms with E-state index in [1.165, 1.54) is 4.88 Å². The summed E-state index contributed by atoms with van der Waals surface area (Å²) in [6.45, 7) is 10.4. The molecular formula is C13H23N3OS. The molecule has 0 bridgehead atoms. The van der Waals surface area contributed by atoms with Crippen molar-refractivity contribution in [3.05, 3.63) is 15.6 Å². The smallest absolute Gasteiger partial charge is 0.123 e. The summed E-state index contributed by atoms with van der Waals surface area (Å²) in [5.41, 5.74) is 1.13. The summed E-state index contributed by atoms with van der Waals surface area (Å²) < 4.78 is 5.86. The maximum Gasteiger partial charge on any atom is 0.123 e. The van der Waals surface area contributed by atoms with Crippen molar-refractivity contribution in [2.24, 2.45) is 0 Å². The lowest BCUT2D eigenvalue weighted by Gasteiger charge is -2.30. The van der Waals surface area contributed by atoms with Crippen LogP contribution in [0.5, 0.6) is 0 Å². The molecule has 1 aromatic heterocycles. The van der Waals surface area contributed by atoms with Crippen molar-refractivity contribution < 1.29 is 4.74 Å². The molecule has 0 aromatic carbocycles. The highest BCUT2D eigenvalue weighted by Crippen LogP contribution is 2.31. The molecule has 1 saturated heterocycles. The first-order valence-corrected chi connectivity index (χ1v) is 7.45. The summed E-state index contributed by atoms with van der Waals surface area (Å²) in [4.78, 5) is 8.45. The Morgan fingerprint density at radius 3 is 3.06 bits per heavy atom. The summed E-state index contributed by atoms with van der Waals surface area (Å²) in [5.74, 6) is 0. The van der Waals surface area contributed by atoms with E-state index < -0.39 is 0 Å². The first-order chi connectivity index (χ1) is 8.65. The van der Waals surface area contributed by atoms with Gasteiger partial charge in [-0.05, 0) is 27.4 Å².